The standard InChI is InChI=1S/C12H16ClNO2/c1-14(12(15)7-4-8-13)10-5-3-6-11(9-10)16-2/h3,5-6,9H,4,7-8H2,1-2H3. The number of amides is 1. The molecule has 1 amide bonds. The molecule has 0 saturated heterocycles. The van der Waals surface area contributed by atoms with Gasteiger partial charge in [-0.25, -0.2) is 0 Å². The third-order valence-corrected chi connectivity index (χ3v) is 2.61. The Hall–Kier alpha value is -1.22. The molecule has 0 unspecified atom stereocenters. The molecule has 0 atom stereocenters. The second-order valence-corrected chi connectivity index (χ2v) is 3.82. The molecule has 0 heterocycles. The first-order valence-electron chi connectivity index (χ1n) is 5.15. The van der Waals surface area contributed by atoms with Crippen molar-refractivity contribution >= 4 is 23.2 Å². The molecule has 16 heavy (non-hydrogen) atoms. The first-order valence-corrected chi connectivity index (χ1v) is 5.69. The summed E-state index contributed by atoms with van der Waals surface area (Å²) in [5, 5.41) is 0. The Morgan fingerprint density at radius 2 is 2.25 bits per heavy atom. The smallest absolute Gasteiger partial charge is 0.226 e. The summed E-state index contributed by atoms with van der Waals surface area (Å²) < 4.78 is 5.11. The lowest BCUT2D eigenvalue weighted by atomic mass is 10.2. The van der Waals surface area contributed by atoms with Crippen LogP contribution in [0.2, 0.25) is 0 Å². The number of carbonyl (C=O) groups is 1. The number of alkyl halides is 1. The highest BCUT2D eigenvalue weighted by Crippen LogP contribution is 2.20. The van der Waals surface area contributed by atoms with Crippen molar-refractivity contribution in [1.82, 2.24) is 0 Å². The van der Waals surface area contributed by atoms with Crippen LogP contribution in [-0.2, 0) is 4.79 Å². The fraction of sp³-hybridized carbons (Fsp3) is 0.417. The van der Waals surface area contributed by atoms with E-state index < -0.39 is 0 Å². The minimum atomic E-state index is 0.0638. The quantitative estimate of drug-likeness (QED) is 0.742. The summed E-state index contributed by atoms with van der Waals surface area (Å²) in [6, 6.07) is 7.42. The summed E-state index contributed by atoms with van der Waals surface area (Å²) in [7, 11) is 3.36. The predicted molar refractivity (Wildman–Crippen MR) is 66.4 cm³/mol. The fourth-order valence-electron chi connectivity index (χ4n) is 1.35. The van der Waals surface area contributed by atoms with Gasteiger partial charge in [0.2, 0.25) is 5.91 Å². The Balaban J connectivity index is 2.71. The maximum atomic E-state index is 11.7. The van der Waals surface area contributed by atoms with E-state index in [0.717, 1.165) is 11.4 Å². The van der Waals surface area contributed by atoms with E-state index in [9.17, 15) is 4.79 Å². The van der Waals surface area contributed by atoms with E-state index in [2.05, 4.69) is 0 Å². The topological polar surface area (TPSA) is 29.5 Å². The first kappa shape index (κ1) is 12.8. The van der Waals surface area contributed by atoms with Gasteiger partial charge in [-0.2, -0.15) is 0 Å². The number of rotatable bonds is 5. The zero-order valence-corrected chi connectivity index (χ0v) is 10.3. The van der Waals surface area contributed by atoms with E-state index in [1.54, 1.807) is 19.1 Å². The third kappa shape index (κ3) is 3.42. The molecule has 0 bridgehead atoms. The first-order chi connectivity index (χ1) is 7.69. The number of halogens is 1. The number of nitrogens with zero attached hydrogens (tertiary/aromatic N) is 1. The van der Waals surface area contributed by atoms with Gasteiger partial charge in [-0.3, -0.25) is 4.79 Å². The lowest BCUT2D eigenvalue weighted by Crippen LogP contribution is -2.25. The van der Waals surface area contributed by atoms with E-state index in [1.165, 1.54) is 0 Å². The summed E-state index contributed by atoms with van der Waals surface area (Å²) in [5.74, 6) is 1.32. The highest BCUT2D eigenvalue weighted by Gasteiger charge is 2.10. The Morgan fingerprint density at radius 1 is 1.50 bits per heavy atom. The summed E-state index contributed by atoms with van der Waals surface area (Å²) in [5.41, 5.74) is 0.832. The Labute approximate surface area is 101 Å². The van der Waals surface area contributed by atoms with Crippen molar-refractivity contribution in [3.63, 3.8) is 0 Å². The van der Waals surface area contributed by atoms with Crippen molar-refractivity contribution in [1.29, 1.82) is 0 Å². The van der Waals surface area contributed by atoms with Crippen molar-refractivity contribution in [3.05, 3.63) is 24.3 Å². The van der Waals surface area contributed by atoms with E-state index in [0.29, 0.717) is 18.7 Å². The molecular weight excluding hydrogens is 226 g/mol. The number of hydrogen-bond acceptors (Lipinski definition) is 2. The molecule has 0 radical (unpaired) electrons. The molecule has 1 aromatic rings. The third-order valence-electron chi connectivity index (χ3n) is 2.34. The van der Waals surface area contributed by atoms with Crippen molar-refractivity contribution in [2.45, 2.75) is 12.8 Å². The number of anilines is 1. The normalized spacial score (nSPS) is 9.94. The van der Waals surface area contributed by atoms with Crippen molar-refractivity contribution in [2.24, 2.45) is 0 Å². The van der Waals surface area contributed by atoms with Crippen LogP contribution in [0.1, 0.15) is 12.8 Å². The van der Waals surface area contributed by atoms with Gasteiger partial charge < -0.3 is 9.64 Å². The zero-order chi connectivity index (χ0) is 12.0. The van der Waals surface area contributed by atoms with Gasteiger partial charge in [-0.15, -0.1) is 11.6 Å². The largest absolute Gasteiger partial charge is 0.497 e. The SMILES string of the molecule is COc1cccc(N(C)C(=O)CCCCl)c1. The van der Waals surface area contributed by atoms with Crippen molar-refractivity contribution < 1.29 is 9.53 Å². The fourth-order valence-corrected chi connectivity index (χ4v) is 1.48. The zero-order valence-electron chi connectivity index (χ0n) is 9.57. The maximum Gasteiger partial charge on any atom is 0.226 e. The van der Waals surface area contributed by atoms with Gasteiger partial charge in [-0.05, 0) is 18.6 Å². The Morgan fingerprint density at radius 3 is 2.88 bits per heavy atom. The van der Waals surface area contributed by atoms with Gasteiger partial charge in [0, 0.05) is 31.1 Å². The van der Waals surface area contributed by atoms with Crippen LogP contribution in [-0.4, -0.2) is 25.9 Å². The average Bonchev–Trinajstić information content (AvgIpc) is 2.35. The van der Waals surface area contributed by atoms with Crippen LogP contribution >= 0.6 is 11.6 Å². The monoisotopic (exact) mass is 241 g/mol. The number of carbonyl (C=O) groups excluding carboxylic acids is 1. The van der Waals surface area contributed by atoms with Crippen molar-refractivity contribution in [2.75, 3.05) is 24.9 Å². The number of benzene rings is 1. The molecule has 0 aliphatic rings. The molecular formula is C12H16ClNO2. The number of methoxy groups -OCH3 is 1. The minimum Gasteiger partial charge on any atom is -0.497 e. The summed E-state index contributed by atoms with van der Waals surface area (Å²) in [4.78, 5) is 13.3. The molecule has 0 aliphatic heterocycles. The summed E-state index contributed by atoms with van der Waals surface area (Å²) in [6.45, 7) is 0. The van der Waals surface area contributed by atoms with Crippen LogP contribution in [0.4, 0.5) is 5.69 Å². The molecule has 1 rings (SSSR count). The number of ether oxygens (including phenoxy) is 1. The molecule has 4 heteroatoms. The lowest BCUT2D eigenvalue weighted by Gasteiger charge is -2.17. The minimum absolute atomic E-state index is 0.0638. The Bertz CT molecular complexity index is 355. The highest BCUT2D eigenvalue weighted by atomic mass is 35.5. The molecule has 88 valence electrons. The predicted octanol–water partition coefficient (Wildman–Crippen LogP) is 2.68. The van der Waals surface area contributed by atoms with Gasteiger partial charge in [0.25, 0.3) is 0 Å². The molecule has 0 N–H and O–H groups in total. The number of hydrogen-bond donors (Lipinski definition) is 0. The van der Waals surface area contributed by atoms with Crippen LogP contribution in [0.5, 0.6) is 5.75 Å². The van der Waals surface area contributed by atoms with E-state index in [-0.39, 0.29) is 5.91 Å². The molecule has 0 aliphatic carbocycles. The van der Waals surface area contributed by atoms with Crippen LogP contribution in [0.3, 0.4) is 0 Å². The second-order valence-electron chi connectivity index (χ2n) is 3.45. The van der Waals surface area contributed by atoms with Crippen molar-refractivity contribution in [3.8, 4) is 5.75 Å². The van der Waals surface area contributed by atoms with Gasteiger partial charge in [-0.1, -0.05) is 6.07 Å². The summed E-state index contributed by atoms with van der Waals surface area (Å²) in [6.07, 6.45) is 1.17. The highest BCUT2D eigenvalue weighted by molar-refractivity contribution is 6.18. The van der Waals surface area contributed by atoms with Gasteiger partial charge in [0.05, 0.1) is 7.11 Å². The Kier molecular flexibility index (Phi) is 5.12. The van der Waals surface area contributed by atoms with Crippen LogP contribution in [0.15, 0.2) is 24.3 Å². The maximum absolute atomic E-state index is 11.7. The van der Waals surface area contributed by atoms with Gasteiger partial charge in [0.1, 0.15) is 5.75 Å². The average molecular weight is 242 g/mol. The molecule has 0 aromatic heterocycles. The molecule has 0 spiro atoms. The lowest BCUT2D eigenvalue weighted by molar-refractivity contribution is -0.118. The van der Waals surface area contributed by atoms with E-state index in [4.69, 9.17) is 16.3 Å². The molecule has 3 nitrogen and oxygen atoms in total. The van der Waals surface area contributed by atoms with Gasteiger partial charge in [0.15, 0.2) is 0 Å². The summed E-state index contributed by atoms with van der Waals surface area (Å²) >= 11 is 5.55. The van der Waals surface area contributed by atoms with Gasteiger partial charge >= 0.3 is 0 Å². The molecule has 1 aromatic carbocycles. The molecule has 0 fully saturated rings. The second kappa shape index (κ2) is 6.38. The van der Waals surface area contributed by atoms with Crippen LogP contribution < -0.4 is 9.64 Å². The van der Waals surface area contributed by atoms with Crippen LogP contribution in [0.25, 0.3) is 0 Å². The molecule has 0 saturated carbocycles. The van der Waals surface area contributed by atoms with Crippen LogP contribution in [0, 0.1) is 0 Å². The van der Waals surface area contributed by atoms with E-state index >= 15 is 0 Å². The van der Waals surface area contributed by atoms with E-state index in [1.807, 2.05) is 24.3 Å².